The summed E-state index contributed by atoms with van der Waals surface area (Å²) in [6.45, 7) is 7.23. The van der Waals surface area contributed by atoms with Crippen LogP contribution < -0.4 is 5.32 Å². The molecule has 0 radical (unpaired) electrons. The molecule has 1 spiro atoms. The monoisotopic (exact) mass is 398 g/mol. The fourth-order valence-electron chi connectivity index (χ4n) is 4.72. The van der Waals surface area contributed by atoms with Crippen LogP contribution in [0.15, 0.2) is 16.7 Å². The first-order valence-electron chi connectivity index (χ1n) is 10.0. The largest absolute Gasteiger partial charge is 0.360 e. The molecule has 8 heteroatoms. The van der Waals surface area contributed by atoms with Gasteiger partial charge in [-0.3, -0.25) is 19.1 Å². The number of aryl methyl sites for hydroxylation is 2. The number of carbonyl (C=O) groups excluding carboxylic acids is 3. The van der Waals surface area contributed by atoms with E-state index < -0.39 is 11.6 Å². The Balaban J connectivity index is 1.59. The quantitative estimate of drug-likeness (QED) is 0.630. The Bertz CT molecular complexity index is 1000. The molecule has 1 aliphatic carbocycles. The van der Waals surface area contributed by atoms with E-state index in [0.717, 1.165) is 29.9 Å². The van der Waals surface area contributed by atoms with Crippen molar-refractivity contribution in [2.24, 2.45) is 5.92 Å². The standard InChI is InChI=1S/C21H26N4O4/c1-12-7-5-6-8-21(12)19(27)24(20(28)22-21)11-17(26)16-9-13(2)25(15(16)4)18-10-14(3)29-23-18/h9-10,12H,5-8,11H2,1-4H3,(H,22,28)/t12-,21+/m1/s1. The molecule has 3 heterocycles. The number of nitrogens with zero attached hydrogens (tertiary/aromatic N) is 3. The van der Waals surface area contributed by atoms with Crippen LogP contribution in [0.2, 0.25) is 0 Å². The molecule has 0 aromatic carbocycles. The average Bonchev–Trinajstić information content (AvgIpc) is 3.29. The van der Waals surface area contributed by atoms with Crippen molar-refractivity contribution < 1.29 is 18.9 Å². The molecule has 2 aliphatic rings. The smallest absolute Gasteiger partial charge is 0.325 e. The second-order valence-electron chi connectivity index (χ2n) is 8.28. The van der Waals surface area contributed by atoms with E-state index in [2.05, 4.69) is 10.5 Å². The fourth-order valence-corrected chi connectivity index (χ4v) is 4.72. The van der Waals surface area contributed by atoms with Gasteiger partial charge >= 0.3 is 6.03 Å². The van der Waals surface area contributed by atoms with Crippen LogP contribution in [0, 0.1) is 26.7 Å². The van der Waals surface area contributed by atoms with Gasteiger partial charge in [0.15, 0.2) is 11.6 Å². The zero-order valence-electron chi connectivity index (χ0n) is 17.2. The van der Waals surface area contributed by atoms with Crippen molar-refractivity contribution in [3.63, 3.8) is 0 Å². The number of hydrogen-bond acceptors (Lipinski definition) is 5. The summed E-state index contributed by atoms with van der Waals surface area (Å²) in [5.74, 6) is 0.791. The lowest BCUT2D eigenvalue weighted by atomic mass is 9.73. The summed E-state index contributed by atoms with van der Waals surface area (Å²) in [6.07, 6.45) is 3.48. The number of ketones is 1. The zero-order valence-corrected chi connectivity index (χ0v) is 17.2. The van der Waals surface area contributed by atoms with Crippen LogP contribution in [0.4, 0.5) is 4.79 Å². The Morgan fingerprint density at radius 1 is 1.28 bits per heavy atom. The van der Waals surface area contributed by atoms with Gasteiger partial charge in [0.25, 0.3) is 5.91 Å². The molecule has 1 N–H and O–H groups in total. The molecule has 0 unspecified atom stereocenters. The minimum Gasteiger partial charge on any atom is -0.360 e. The van der Waals surface area contributed by atoms with Gasteiger partial charge in [-0.1, -0.05) is 24.9 Å². The molecule has 4 rings (SSSR count). The Hall–Kier alpha value is -2.90. The van der Waals surface area contributed by atoms with Crippen LogP contribution in [-0.4, -0.2) is 44.4 Å². The predicted octanol–water partition coefficient (Wildman–Crippen LogP) is 3.07. The van der Waals surface area contributed by atoms with E-state index in [1.54, 1.807) is 19.1 Å². The summed E-state index contributed by atoms with van der Waals surface area (Å²) in [4.78, 5) is 39.8. The third-order valence-corrected chi connectivity index (χ3v) is 6.38. The number of carbonyl (C=O) groups is 3. The minimum atomic E-state index is -0.856. The maximum absolute atomic E-state index is 13.1. The van der Waals surface area contributed by atoms with Crippen molar-refractivity contribution in [2.75, 3.05) is 6.54 Å². The van der Waals surface area contributed by atoms with Gasteiger partial charge in [-0.25, -0.2) is 4.79 Å². The van der Waals surface area contributed by atoms with E-state index in [9.17, 15) is 14.4 Å². The number of nitrogens with one attached hydrogen (secondary N) is 1. The zero-order chi connectivity index (χ0) is 20.9. The summed E-state index contributed by atoms with van der Waals surface area (Å²) < 4.78 is 6.98. The fraction of sp³-hybridized carbons (Fsp3) is 0.524. The van der Waals surface area contributed by atoms with Crippen LogP contribution >= 0.6 is 0 Å². The Labute approximate surface area is 169 Å². The Morgan fingerprint density at radius 2 is 2.03 bits per heavy atom. The highest BCUT2D eigenvalue weighted by atomic mass is 16.5. The van der Waals surface area contributed by atoms with Gasteiger partial charge in [-0.2, -0.15) is 0 Å². The highest BCUT2D eigenvalue weighted by Gasteiger charge is 2.55. The van der Waals surface area contributed by atoms with Gasteiger partial charge in [-0.15, -0.1) is 0 Å². The Morgan fingerprint density at radius 3 is 2.69 bits per heavy atom. The van der Waals surface area contributed by atoms with Crippen molar-refractivity contribution in [3.05, 3.63) is 34.8 Å². The molecule has 154 valence electrons. The van der Waals surface area contributed by atoms with Crippen LogP contribution in [0.1, 0.15) is 60.1 Å². The van der Waals surface area contributed by atoms with E-state index in [4.69, 9.17) is 4.52 Å². The predicted molar refractivity (Wildman–Crippen MR) is 105 cm³/mol. The Kier molecular flexibility index (Phi) is 4.59. The van der Waals surface area contributed by atoms with Gasteiger partial charge in [0, 0.05) is 23.0 Å². The summed E-state index contributed by atoms with van der Waals surface area (Å²) in [6, 6.07) is 3.08. The highest BCUT2D eigenvalue weighted by molar-refractivity contribution is 6.11. The lowest BCUT2D eigenvalue weighted by Gasteiger charge is -2.36. The van der Waals surface area contributed by atoms with E-state index in [1.165, 1.54) is 0 Å². The first-order chi connectivity index (χ1) is 13.7. The molecule has 3 amide bonds. The second kappa shape index (κ2) is 6.86. The number of aromatic nitrogens is 2. The van der Waals surface area contributed by atoms with Crippen LogP contribution in [0.25, 0.3) is 5.82 Å². The summed E-state index contributed by atoms with van der Waals surface area (Å²) in [5, 5.41) is 6.91. The molecule has 2 fully saturated rings. The van der Waals surface area contributed by atoms with Crippen molar-refractivity contribution in [1.29, 1.82) is 0 Å². The molecular weight excluding hydrogens is 372 g/mol. The maximum Gasteiger partial charge on any atom is 0.325 e. The second-order valence-corrected chi connectivity index (χ2v) is 8.28. The van der Waals surface area contributed by atoms with Gasteiger partial charge in [0.1, 0.15) is 11.3 Å². The number of rotatable bonds is 4. The van der Waals surface area contributed by atoms with Crippen molar-refractivity contribution in [1.82, 2.24) is 19.9 Å². The summed E-state index contributed by atoms with van der Waals surface area (Å²) >= 11 is 0. The molecule has 1 saturated heterocycles. The van der Waals surface area contributed by atoms with Gasteiger partial charge in [-0.05, 0) is 45.6 Å². The molecule has 1 aliphatic heterocycles. The van der Waals surface area contributed by atoms with Gasteiger partial charge < -0.3 is 9.84 Å². The van der Waals surface area contributed by atoms with Crippen molar-refractivity contribution in [2.45, 2.75) is 58.9 Å². The molecule has 8 nitrogen and oxygen atoms in total. The molecule has 2 aromatic rings. The molecule has 2 aromatic heterocycles. The first-order valence-corrected chi connectivity index (χ1v) is 10.0. The van der Waals surface area contributed by atoms with Crippen LogP contribution in [0.3, 0.4) is 0 Å². The molecule has 29 heavy (non-hydrogen) atoms. The van der Waals surface area contributed by atoms with E-state index in [1.807, 2.05) is 25.3 Å². The number of urea groups is 1. The molecular formula is C21H26N4O4. The van der Waals surface area contributed by atoms with Crippen LogP contribution in [-0.2, 0) is 4.79 Å². The highest BCUT2D eigenvalue weighted by Crippen LogP contribution is 2.38. The van der Waals surface area contributed by atoms with Crippen molar-refractivity contribution in [3.8, 4) is 5.82 Å². The lowest BCUT2D eigenvalue weighted by molar-refractivity contribution is -0.133. The van der Waals surface area contributed by atoms with E-state index in [0.29, 0.717) is 29.3 Å². The lowest BCUT2D eigenvalue weighted by Crippen LogP contribution is -2.54. The SMILES string of the molecule is Cc1cc(-n2c(C)cc(C(=O)CN3C(=O)N[C@]4(CCCC[C@H]4C)C3=O)c2C)no1. The number of imide groups is 1. The van der Waals surface area contributed by atoms with E-state index >= 15 is 0 Å². The molecule has 1 saturated carbocycles. The average molecular weight is 398 g/mol. The molecule has 0 bridgehead atoms. The number of Topliss-reactive ketones (excluding diaryl/α,β-unsaturated/α-hetero) is 1. The van der Waals surface area contributed by atoms with E-state index in [-0.39, 0.29) is 24.2 Å². The third-order valence-electron chi connectivity index (χ3n) is 6.38. The third kappa shape index (κ3) is 2.97. The minimum absolute atomic E-state index is 0.0632. The molecule has 2 atom stereocenters. The maximum atomic E-state index is 13.1. The summed E-state index contributed by atoms with van der Waals surface area (Å²) in [5.41, 5.74) is 1.15. The number of amides is 3. The van der Waals surface area contributed by atoms with Gasteiger partial charge in [0.2, 0.25) is 0 Å². The summed E-state index contributed by atoms with van der Waals surface area (Å²) in [7, 11) is 0. The normalized spacial score (nSPS) is 24.4. The van der Waals surface area contributed by atoms with Gasteiger partial charge in [0.05, 0.1) is 6.54 Å². The number of hydrogen-bond donors (Lipinski definition) is 1. The topological polar surface area (TPSA) is 97.4 Å². The van der Waals surface area contributed by atoms with Crippen molar-refractivity contribution >= 4 is 17.7 Å². The van der Waals surface area contributed by atoms with Crippen LogP contribution in [0.5, 0.6) is 0 Å². The first kappa shape index (κ1) is 19.4.